The second kappa shape index (κ2) is 5.18. The fourth-order valence-corrected chi connectivity index (χ4v) is 7.22. The quantitative estimate of drug-likeness (QED) is 0.751. The minimum Gasteiger partial charge on any atom is -0.497 e. The minimum atomic E-state index is -1.06. The van der Waals surface area contributed by atoms with Gasteiger partial charge in [-0.1, -0.05) is 13.0 Å². The lowest BCUT2D eigenvalue weighted by atomic mass is 9.55. The molecule has 1 aromatic carbocycles. The van der Waals surface area contributed by atoms with Gasteiger partial charge in [0, 0.05) is 29.9 Å². The molecule has 3 heterocycles. The van der Waals surface area contributed by atoms with E-state index in [4.69, 9.17) is 14.3 Å². The predicted molar refractivity (Wildman–Crippen MR) is 100 cm³/mol. The highest BCUT2D eigenvalue weighted by atomic mass is 16.7. The molecule has 1 aromatic rings. The van der Waals surface area contributed by atoms with E-state index in [9.17, 15) is 14.7 Å². The number of ketones is 1. The Kier molecular flexibility index (Phi) is 3.18. The van der Waals surface area contributed by atoms with Gasteiger partial charge in [0.05, 0.1) is 38.2 Å². The van der Waals surface area contributed by atoms with E-state index in [1.807, 2.05) is 19.1 Å². The minimum absolute atomic E-state index is 0.0265. The van der Waals surface area contributed by atoms with Gasteiger partial charge in [0.2, 0.25) is 0 Å². The number of aliphatic hydroxyl groups is 1. The predicted octanol–water partition coefficient (Wildman–Crippen LogP) is 0.310. The van der Waals surface area contributed by atoms with Crippen LogP contribution in [-0.4, -0.2) is 61.4 Å². The van der Waals surface area contributed by atoms with Gasteiger partial charge in [-0.05, 0) is 18.1 Å². The number of hydrogen-bond acceptors (Lipinski definition) is 7. The average molecular weight is 400 g/mol. The number of aliphatic hydroxyl groups excluding tert-OH is 1. The molecule has 154 valence electrons. The summed E-state index contributed by atoms with van der Waals surface area (Å²) in [4.78, 5) is 31.8. The van der Waals surface area contributed by atoms with Gasteiger partial charge in [-0.15, -0.1) is 0 Å². The molecule has 0 radical (unpaired) electrons. The first-order chi connectivity index (χ1) is 13.9. The van der Waals surface area contributed by atoms with Gasteiger partial charge >= 0.3 is 0 Å². The SMILES string of the molecule is CCC(=O)C12NC3CC4(C(=O)N(OC)c5cc(OC)ccc54)C4OCC1C32C4O. The van der Waals surface area contributed by atoms with Gasteiger partial charge in [-0.25, -0.2) is 0 Å². The third kappa shape index (κ3) is 1.53. The van der Waals surface area contributed by atoms with E-state index in [1.54, 1.807) is 13.2 Å². The highest BCUT2D eigenvalue weighted by Crippen LogP contribution is 2.80. The lowest BCUT2D eigenvalue weighted by Gasteiger charge is -2.58. The lowest BCUT2D eigenvalue weighted by molar-refractivity contribution is -0.197. The largest absolute Gasteiger partial charge is 0.497 e. The van der Waals surface area contributed by atoms with Crippen molar-refractivity contribution in [3.63, 3.8) is 0 Å². The van der Waals surface area contributed by atoms with Crippen molar-refractivity contribution in [1.29, 1.82) is 0 Å². The Labute approximate surface area is 168 Å². The normalized spacial score (nSPS) is 45.5. The standard InChI is InChI=1S/C21H24N2O6/c1-4-15(24)21-13-9-29-17-16(25)20(13,21)14(22-21)8-19(17)11-6-5-10(27-2)7-12(11)23(28-3)18(19)26/h5-7,13-14,16-17,22,25H,4,8-9H2,1-3H3. The molecule has 7 atom stereocenters. The van der Waals surface area contributed by atoms with Gasteiger partial charge < -0.3 is 19.9 Å². The van der Waals surface area contributed by atoms with Gasteiger partial charge in [-0.3, -0.25) is 14.4 Å². The molecule has 2 N–H and O–H groups in total. The Bertz CT molecular complexity index is 966. The van der Waals surface area contributed by atoms with Crippen LogP contribution < -0.4 is 15.1 Å². The Balaban J connectivity index is 1.50. The molecular weight excluding hydrogens is 376 g/mol. The molecule has 29 heavy (non-hydrogen) atoms. The number of nitrogens with one attached hydrogen (secondary N) is 1. The molecule has 7 unspecified atom stereocenters. The van der Waals surface area contributed by atoms with Crippen LogP contribution in [0.4, 0.5) is 5.69 Å². The van der Waals surface area contributed by atoms with Crippen molar-refractivity contribution in [3.05, 3.63) is 23.8 Å². The van der Waals surface area contributed by atoms with Crippen LogP contribution in [0.5, 0.6) is 5.75 Å². The number of methoxy groups -OCH3 is 1. The first-order valence-electron chi connectivity index (χ1n) is 10.1. The number of ether oxygens (including phenoxy) is 2. The number of anilines is 1. The summed E-state index contributed by atoms with van der Waals surface area (Å²) in [7, 11) is 3.02. The van der Waals surface area contributed by atoms with Crippen molar-refractivity contribution in [2.45, 2.75) is 49.0 Å². The van der Waals surface area contributed by atoms with E-state index in [1.165, 1.54) is 12.2 Å². The monoisotopic (exact) mass is 400 g/mol. The zero-order chi connectivity index (χ0) is 20.3. The number of amides is 1. The van der Waals surface area contributed by atoms with Crippen molar-refractivity contribution in [2.24, 2.45) is 11.3 Å². The molecular formula is C21H24N2O6. The molecule has 2 bridgehead atoms. The number of hydroxylamine groups is 1. The first kappa shape index (κ1) is 17.8. The molecule has 8 nitrogen and oxygen atoms in total. The zero-order valence-electron chi connectivity index (χ0n) is 16.6. The molecule has 2 spiro atoms. The number of nitrogens with zero attached hydrogens (tertiary/aromatic N) is 1. The van der Waals surface area contributed by atoms with Crippen molar-refractivity contribution in [1.82, 2.24) is 5.32 Å². The molecule has 4 fully saturated rings. The summed E-state index contributed by atoms with van der Waals surface area (Å²) in [6.45, 7) is 2.22. The number of Topliss-reactive ketones (excluding diaryl/α,β-unsaturated/α-hetero) is 1. The van der Waals surface area contributed by atoms with Crippen LogP contribution in [0, 0.1) is 11.3 Å². The molecule has 6 rings (SSSR count). The number of carbonyl (C=O) groups excluding carboxylic acids is 2. The van der Waals surface area contributed by atoms with Crippen molar-refractivity contribution in [2.75, 3.05) is 25.9 Å². The second-order valence-corrected chi connectivity index (χ2v) is 8.81. The third-order valence-corrected chi connectivity index (χ3v) is 8.32. The summed E-state index contributed by atoms with van der Waals surface area (Å²) in [5, 5.41) is 16.2. The summed E-state index contributed by atoms with van der Waals surface area (Å²) in [5.74, 6) is 0.466. The van der Waals surface area contributed by atoms with E-state index >= 15 is 0 Å². The molecule has 1 amide bonds. The first-order valence-corrected chi connectivity index (χ1v) is 10.1. The molecule has 5 aliphatic rings. The highest BCUT2D eigenvalue weighted by molar-refractivity contribution is 6.08. The van der Waals surface area contributed by atoms with Crippen LogP contribution in [0.1, 0.15) is 25.3 Å². The average Bonchev–Trinajstić information content (AvgIpc) is 3.06. The Morgan fingerprint density at radius 1 is 1.41 bits per heavy atom. The van der Waals surface area contributed by atoms with E-state index in [2.05, 4.69) is 5.32 Å². The molecule has 2 aliphatic carbocycles. The maximum absolute atomic E-state index is 13.6. The number of carbonyl (C=O) groups is 2. The van der Waals surface area contributed by atoms with Crippen LogP contribution >= 0.6 is 0 Å². The summed E-state index contributed by atoms with van der Waals surface area (Å²) in [5.41, 5.74) is -0.884. The molecule has 8 heteroatoms. The van der Waals surface area contributed by atoms with Crippen LogP contribution in [-0.2, 0) is 24.6 Å². The van der Waals surface area contributed by atoms with Crippen molar-refractivity contribution in [3.8, 4) is 5.75 Å². The van der Waals surface area contributed by atoms with Crippen molar-refractivity contribution < 1.29 is 29.0 Å². The summed E-state index contributed by atoms with van der Waals surface area (Å²) in [6, 6.07) is 5.32. The lowest BCUT2D eigenvalue weighted by Crippen LogP contribution is -2.77. The molecule has 0 aromatic heterocycles. The molecule has 3 aliphatic heterocycles. The van der Waals surface area contributed by atoms with Crippen molar-refractivity contribution >= 4 is 17.4 Å². The fraction of sp³-hybridized carbons (Fsp3) is 0.619. The Morgan fingerprint density at radius 2 is 2.21 bits per heavy atom. The van der Waals surface area contributed by atoms with Gasteiger partial charge in [0.1, 0.15) is 17.3 Å². The van der Waals surface area contributed by atoms with E-state index in [0.29, 0.717) is 30.9 Å². The zero-order valence-corrected chi connectivity index (χ0v) is 16.6. The summed E-state index contributed by atoms with van der Waals surface area (Å²) < 4.78 is 11.5. The summed E-state index contributed by atoms with van der Waals surface area (Å²) >= 11 is 0. The number of benzene rings is 1. The van der Waals surface area contributed by atoms with Crippen LogP contribution in [0.25, 0.3) is 0 Å². The van der Waals surface area contributed by atoms with Crippen LogP contribution in [0.3, 0.4) is 0 Å². The van der Waals surface area contributed by atoms with Gasteiger partial charge in [0.15, 0.2) is 5.78 Å². The maximum Gasteiger partial charge on any atom is 0.264 e. The van der Waals surface area contributed by atoms with Gasteiger partial charge in [0.25, 0.3) is 5.91 Å². The van der Waals surface area contributed by atoms with E-state index < -0.39 is 28.6 Å². The summed E-state index contributed by atoms with van der Waals surface area (Å²) in [6.07, 6.45) is -0.738. The number of rotatable bonds is 4. The topological polar surface area (TPSA) is 97.3 Å². The smallest absolute Gasteiger partial charge is 0.264 e. The third-order valence-electron chi connectivity index (χ3n) is 8.32. The maximum atomic E-state index is 13.6. The van der Waals surface area contributed by atoms with Crippen LogP contribution in [0.2, 0.25) is 0 Å². The fourth-order valence-electron chi connectivity index (χ4n) is 7.22. The Hall–Kier alpha value is -2.00. The molecule has 2 saturated heterocycles. The second-order valence-electron chi connectivity index (χ2n) is 8.81. The Morgan fingerprint density at radius 3 is 2.90 bits per heavy atom. The highest BCUT2D eigenvalue weighted by Gasteiger charge is 2.96. The van der Waals surface area contributed by atoms with Gasteiger partial charge in [-0.2, -0.15) is 5.06 Å². The molecule has 2 saturated carbocycles. The van der Waals surface area contributed by atoms with E-state index in [-0.39, 0.29) is 23.7 Å². The van der Waals surface area contributed by atoms with E-state index in [0.717, 1.165) is 5.56 Å². The number of hydrogen-bond donors (Lipinski definition) is 2. The van der Waals surface area contributed by atoms with Crippen LogP contribution in [0.15, 0.2) is 18.2 Å². The number of fused-ring (bicyclic) bond motifs is 5.